The number of benzene rings is 2. The number of rotatable bonds is 9. The first-order chi connectivity index (χ1) is 25.6. The molecule has 282 valence electrons. The summed E-state index contributed by atoms with van der Waals surface area (Å²) < 4.78 is 45.6. The number of imide groups is 2. The number of aromatic hydroxyl groups is 1. The Morgan fingerprint density at radius 3 is 2.39 bits per heavy atom. The molecule has 0 bridgehead atoms. The molecule has 2 aliphatic heterocycles. The topological polar surface area (TPSA) is 166 Å². The molecule has 2 saturated heterocycles. The minimum absolute atomic E-state index is 0.0431. The molecule has 1 saturated carbocycles. The van der Waals surface area contributed by atoms with Crippen LogP contribution in [-0.4, -0.2) is 68.4 Å². The van der Waals surface area contributed by atoms with Crippen LogP contribution in [0.1, 0.15) is 48.3 Å². The number of aromatic nitrogens is 1. The largest absolute Gasteiger partial charge is 0.504 e. The van der Waals surface area contributed by atoms with Gasteiger partial charge < -0.3 is 14.9 Å². The molecule has 1 aromatic heterocycles. The maximum absolute atomic E-state index is 15.2. The number of nitrogens with one attached hydrogen (secondary N) is 1. The Balaban J connectivity index is 1.40. The number of hydrogen-bond donors (Lipinski definition) is 3. The van der Waals surface area contributed by atoms with E-state index in [0.717, 1.165) is 4.90 Å². The number of hydrogen-bond acceptors (Lipinski definition) is 9. The standard InChI is InChI=1S/C37H31Cl2F3N4O8/c1-54-27-11-4-17(13-26(27)47)30-21-9-10-22-29(34(52)45(32(22)50)12-2-3-28(48)49)23(21)15-24-33(51)46(35(53)36(24,30)18-5-7-20(38)8-6-18)44-31-25(39)14-19(16-43-31)37(40,41)42/h4-9,11,13-14,16,22-24,29-30,47H,2-3,10,12,15H2,1H3,(H,43,44)(H,48,49)/t22-,23+,24-,29-,30-,36+/m0/s1. The first kappa shape index (κ1) is 37.2. The molecule has 2 aliphatic carbocycles. The van der Waals surface area contributed by atoms with Crippen molar-refractivity contribution in [3.63, 3.8) is 0 Å². The number of amides is 4. The van der Waals surface area contributed by atoms with Gasteiger partial charge in [0.2, 0.25) is 11.8 Å². The summed E-state index contributed by atoms with van der Waals surface area (Å²) in [5, 5.41) is 20.7. The van der Waals surface area contributed by atoms with E-state index in [9.17, 15) is 37.5 Å². The third-order valence-electron chi connectivity index (χ3n) is 11.0. The number of carbonyl (C=O) groups is 5. The predicted octanol–water partition coefficient (Wildman–Crippen LogP) is 5.97. The van der Waals surface area contributed by atoms with Crippen molar-refractivity contribution in [1.82, 2.24) is 14.9 Å². The highest BCUT2D eigenvalue weighted by atomic mass is 35.5. The minimum atomic E-state index is -4.77. The molecular formula is C37H31Cl2F3N4O8. The van der Waals surface area contributed by atoms with Crippen LogP contribution in [0.25, 0.3) is 0 Å². The van der Waals surface area contributed by atoms with Gasteiger partial charge in [-0.3, -0.25) is 34.3 Å². The summed E-state index contributed by atoms with van der Waals surface area (Å²) in [5.41, 5.74) is 0.894. The van der Waals surface area contributed by atoms with Gasteiger partial charge in [-0.25, -0.2) is 4.98 Å². The Morgan fingerprint density at radius 1 is 1.04 bits per heavy atom. The third kappa shape index (κ3) is 5.84. The van der Waals surface area contributed by atoms with Crippen molar-refractivity contribution in [2.75, 3.05) is 19.1 Å². The second-order valence-corrected chi connectivity index (χ2v) is 14.5. The lowest BCUT2D eigenvalue weighted by Crippen LogP contribution is -2.53. The summed E-state index contributed by atoms with van der Waals surface area (Å²) in [4.78, 5) is 73.7. The van der Waals surface area contributed by atoms with Gasteiger partial charge in [0.15, 0.2) is 17.3 Å². The van der Waals surface area contributed by atoms with Gasteiger partial charge >= 0.3 is 12.1 Å². The van der Waals surface area contributed by atoms with Crippen LogP contribution in [0.2, 0.25) is 10.0 Å². The average molecular weight is 788 g/mol. The van der Waals surface area contributed by atoms with Crippen molar-refractivity contribution in [3.05, 3.63) is 93.1 Å². The van der Waals surface area contributed by atoms with Gasteiger partial charge in [-0.2, -0.15) is 18.2 Å². The Morgan fingerprint density at radius 2 is 1.76 bits per heavy atom. The summed E-state index contributed by atoms with van der Waals surface area (Å²) in [6, 6.07) is 11.4. The van der Waals surface area contributed by atoms with Crippen LogP contribution in [0, 0.1) is 23.7 Å². The smallest absolute Gasteiger partial charge is 0.417 e. The molecule has 17 heteroatoms. The van der Waals surface area contributed by atoms with Crippen LogP contribution in [0.5, 0.6) is 11.5 Å². The predicted molar refractivity (Wildman–Crippen MR) is 185 cm³/mol. The number of allylic oxidation sites excluding steroid dienone is 2. The number of ether oxygens (including phenoxy) is 1. The lowest BCUT2D eigenvalue weighted by Gasteiger charge is -2.50. The van der Waals surface area contributed by atoms with E-state index in [2.05, 4.69) is 10.4 Å². The Labute approximate surface area is 315 Å². The number of aliphatic carboxylic acids is 1. The van der Waals surface area contributed by atoms with E-state index in [0.29, 0.717) is 39.0 Å². The number of alkyl halides is 3. The van der Waals surface area contributed by atoms with Crippen LogP contribution in [0.3, 0.4) is 0 Å². The monoisotopic (exact) mass is 786 g/mol. The number of likely N-dealkylation sites (tertiary alicyclic amines) is 1. The van der Waals surface area contributed by atoms with Gasteiger partial charge in [0, 0.05) is 30.1 Å². The second-order valence-electron chi connectivity index (χ2n) is 13.7. The number of hydrazine groups is 1. The molecule has 3 fully saturated rings. The fraction of sp³-hybridized carbons (Fsp3) is 0.351. The van der Waals surface area contributed by atoms with Crippen LogP contribution in [-0.2, 0) is 35.6 Å². The molecular weight excluding hydrogens is 756 g/mol. The maximum Gasteiger partial charge on any atom is 0.417 e. The van der Waals surface area contributed by atoms with Gasteiger partial charge in [-0.1, -0.05) is 53.1 Å². The lowest BCUT2D eigenvalue weighted by molar-refractivity contribution is -0.142. The highest BCUT2D eigenvalue weighted by Gasteiger charge is 2.70. The highest BCUT2D eigenvalue weighted by Crippen LogP contribution is 2.64. The number of carboxylic acid groups (broad SMARTS) is 1. The van der Waals surface area contributed by atoms with Crippen molar-refractivity contribution < 1.29 is 52.1 Å². The van der Waals surface area contributed by atoms with E-state index in [-0.39, 0.29) is 43.7 Å². The lowest BCUT2D eigenvalue weighted by atomic mass is 9.49. The molecule has 3 N–H and O–H groups in total. The summed E-state index contributed by atoms with van der Waals surface area (Å²) in [5.74, 6) is -9.06. The molecule has 7 rings (SSSR count). The Kier molecular flexibility index (Phi) is 9.37. The molecule has 4 amide bonds. The zero-order valence-electron chi connectivity index (χ0n) is 28.3. The van der Waals surface area contributed by atoms with Crippen LogP contribution in [0.15, 0.2) is 66.4 Å². The van der Waals surface area contributed by atoms with Gasteiger partial charge in [-0.05, 0) is 66.6 Å². The molecule has 3 heterocycles. The van der Waals surface area contributed by atoms with Gasteiger partial charge in [0.25, 0.3) is 11.8 Å². The molecule has 12 nitrogen and oxygen atoms in total. The van der Waals surface area contributed by atoms with Crippen molar-refractivity contribution in [3.8, 4) is 11.5 Å². The molecule has 4 aliphatic rings. The average Bonchev–Trinajstić information content (AvgIpc) is 3.49. The molecule has 54 heavy (non-hydrogen) atoms. The number of carboxylic acids is 1. The van der Waals surface area contributed by atoms with Crippen LogP contribution in [0.4, 0.5) is 19.0 Å². The molecule has 6 atom stereocenters. The zero-order valence-corrected chi connectivity index (χ0v) is 29.8. The van der Waals surface area contributed by atoms with Crippen LogP contribution < -0.4 is 10.2 Å². The number of phenolic OH excluding ortho intramolecular Hbond substituents is 1. The normalized spacial score (nSPS) is 26.3. The highest BCUT2D eigenvalue weighted by molar-refractivity contribution is 6.33. The maximum atomic E-state index is 15.2. The van der Waals surface area contributed by atoms with Gasteiger partial charge in [0.1, 0.15) is 0 Å². The van der Waals surface area contributed by atoms with Crippen molar-refractivity contribution >= 4 is 58.6 Å². The zero-order chi connectivity index (χ0) is 38.9. The first-order valence-corrected chi connectivity index (χ1v) is 17.6. The molecule has 0 unspecified atom stereocenters. The van der Waals surface area contributed by atoms with Crippen LogP contribution >= 0.6 is 23.2 Å². The number of anilines is 1. The van der Waals surface area contributed by atoms with Gasteiger partial charge in [-0.15, -0.1) is 0 Å². The number of fused-ring (bicyclic) bond motifs is 4. The molecule has 0 radical (unpaired) electrons. The summed E-state index contributed by atoms with van der Waals surface area (Å²) >= 11 is 12.5. The number of methoxy groups -OCH3 is 1. The third-order valence-corrected chi connectivity index (χ3v) is 11.5. The van der Waals surface area contributed by atoms with Gasteiger partial charge in [0.05, 0.1) is 40.9 Å². The van der Waals surface area contributed by atoms with Crippen molar-refractivity contribution in [1.29, 1.82) is 0 Å². The molecule has 0 spiro atoms. The van der Waals surface area contributed by atoms with E-state index < -0.39 is 87.2 Å². The second kappa shape index (κ2) is 13.6. The van der Waals surface area contributed by atoms with E-state index in [1.54, 1.807) is 36.4 Å². The summed E-state index contributed by atoms with van der Waals surface area (Å²) in [6.07, 6.45) is -2.69. The number of nitrogens with zero attached hydrogens (tertiary/aromatic N) is 3. The van der Waals surface area contributed by atoms with E-state index in [1.807, 2.05) is 0 Å². The number of halogens is 5. The summed E-state index contributed by atoms with van der Waals surface area (Å²) in [7, 11) is 1.36. The van der Waals surface area contributed by atoms with Crippen molar-refractivity contribution in [2.45, 2.75) is 43.2 Å². The van der Waals surface area contributed by atoms with Crippen molar-refractivity contribution in [2.24, 2.45) is 23.7 Å². The quantitative estimate of drug-likeness (QED) is 0.174. The molecule has 2 aromatic carbocycles. The number of carbonyl (C=O) groups excluding carboxylic acids is 4. The Hall–Kier alpha value is -5.15. The minimum Gasteiger partial charge on any atom is -0.504 e. The number of phenols is 1. The SMILES string of the molecule is COc1ccc([C@H]2C3=CC[C@@H]4C(=O)N(CCCC(=O)O)C(=O)[C@@H]4[C@@H]3C[C@H]3C(=O)N(Nc4ncc(C(F)(F)F)cc4Cl)C(=O)[C@@]23c2ccc(Cl)cc2)cc1O. The Bertz CT molecular complexity index is 2130. The number of pyridine rings is 1. The van der Waals surface area contributed by atoms with E-state index >= 15 is 4.79 Å². The van der Waals surface area contributed by atoms with E-state index in [4.69, 9.17) is 33.0 Å². The summed E-state index contributed by atoms with van der Waals surface area (Å²) in [6.45, 7) is -0.108. The fourth-order valence-corrected chi connectivity index (χ4v) is 9.05. The molecule has 3 aromatic rings. The fourth-order valence-electron chi connectivity index (χ4n) is 8.72. The first-order valence-electron chi connectivity index (χ1n) is 16.9. The van der Waals surface area contributed by atoms with E-state index in [1.165, 1.54) is 19.2 Å².